The van der Waals surface area contributed by atoms with E-state index >= 15 is 0 Å². The van der Waals surface area contributed by atoms with Gasteiger partial charge in [-0.1, -0.05) is 6.07 Å². The maximum atomic E-state index is 12.6. The smallest absolute Gasteiger partial charge is 0.414 e. The van der Waals surface area contributed by atoms with Gasteiger partial charge in [0.15, 0.2) is 5.78 Å². The number of aliphatic carboxylic acids is 2. The third-order valence-corrected chi connectivity index (χ3v) is 5.14. The van der Waals surface area contributed by atoms with Crippen LogP contribution in [0.25, 0.3) is 0 Å². The Bertz CT molecular complexity index is 890. The average Bonchev–Trinajstić information content (AvgIpc) is 3.38. The van der Waals surface area contributed by atoms with Crippen LogP contribution in [0.3, 0.4) is 0 Å². The molecule has 30 heavy (non-hydrogen) atoms. The molecule has 1 saturated heterocycles. The SMILES string of the molecule is COc1nn(C)cc1C(=O)N1CCN(CC(=O)c2cccs2)CC1.O=C(O)C(=O)O. The number of carboxylic acid groups (broad SMARTS) is 2. The predicted molar refractivity (Wildman–Crippen MR) is 106 cm³/mol. The summed E-state index contributed by atoms with van der Waals surface area (Å²) >= 11 is 1.46. The first kappa shape index (κ1) is 23.0. The van der Waals surface area contributed by atoms with Crippen molar-refractivity contribution in [1.29, 1.82) is 0 Å². The highest BCUT2D eigenvalue weighted by Gasteiger charge is 2.27. The first-order valence-electron chi connectivity index (χ1n) is 8.85. The molecule has 0 aromatic carbocycles. The van der Waals surface area contributed by atoms with E-state index in [4.69, 9.17) is 24.5 Å². The van der Waals surface area contributed by atoms with E-state index in [1.807, 2.05) is 17.5 Å². The highest BCUT2D eigenvalue weighted by molar-refractivity contribution is 7.12. The van der Waals surface area contributed by atoms with Crippen molar-refractivity contribution in [3.63, 3.8) is 0 Å². The van der Waals surface area contributed by atoms with Gasteiger partial charge in [-0.05, 0) is 11.4 Å². The number of hydrogen-bond acceptors (Lipinski definition) is 8. The Morgan fingerprint density at radius 3 is 2.27 bits per heavy atom. The van der Waals surface area contributed by atoms with Crippen molar-refractivity contribution in [3.8, 4) is 5.88 Å². The van der Waals surface area contributed by atoms with Crippen molar-refractivity contribution >= 4 is 35.0 Å². The van der Waals surface area contributed by atoms with Gasteiger partial charge in [-0.25, -0.2) is 9.59 Å². The number of methoxy groups -OCH3 is 1. The van der Waals surface area contributed by atoms with E-state index in [9.17, 15) is 9.59 Å². The number of ketones is 1. The molecule has 0 saturated carbocycles. The Kier molecular flexibility index (Phi) is 8.07. The maximum absolute atomic E-state index is 12.6. The summed E-state index contributed by atoms with van der Waals surface area (Å²) in [5.41, 5.74) is 0.475. The largest absolute Gasteiger partial charge is 0.479 e. The van der Waals surface area contributed by atoms with Gasteiger partial charge in [-0.15, -0.1) is 16.4 Å². The maximum Gasteiger partial charge on any atom is 0.414 e. The second-order valence-electron chi connectivity index (χ2n) is 6.30. The van der Waals surface area contributed by atoms with E-state index < -0.39 is 11.9 Å². The van der Waals surface area contributed by atoms with Crippen LogP contribution in [-0.4, -0.2) is 93.3 Å². The van der Waals surface area contributed by atoms with E-state index in [2.05, 4.69) is 10.00 Å². The fraction of sp³-hybridized carbons (Fsp3) is 0.389. The number of hydrogen-bond donors (Lipinski definition) is 2. The molecule has 2 aromatic rings. The Hall–Kier alpha value is -3.25. The molecule has 0 aliphatic carbocycles. The minimum atomic E-state index is -1.82. The molecule has 1 amide bonds. The third-order valence-electron chi connectivity index (χ3n) is 4.22. The summed E-state index contributed by atoms with van der Waals surface area (Å²) in [6.07, 6.45) is 1.67. The molecule has 2 N–H and O–H groups in total. The molecule has 0 bridgehead atoms. The zero-order valence-electron chi connectivity index (χ0n) is 16.5. The Morgan fingerprint density at radius 2 is 1.77 bits per heavy atom. The number of carbonyl (C=O) groups excluding carboxylic acids is 2. The topological polar surface area (TPSA) is 142 Å². The van der Waals surface area contributed by atoms with Crippen LogP contribution in [0.1, 0.15) is 20.0 Å². The molecule has 3 rings (SSSR count). The van der Waals surface area contributed by atoms with E-state index in [1.165, 1.54) is 18.4 Å². The van der Waals surface area contributed by atoms with Gasteiger partial charge in [0, 0.05) is 39.4 Å². The number of rotatable bonds is 5. The molecular formula is C18H22N4O7S. The lowest BCUT2D eigenvalue weighted by molar-refractivity contribution is -0.159. The summed E-state index contributed by atoms with van der Waals surface area (Å²) in [6, 6.07) is 3.73. The number of carbonyl (C=O) groups is 4. The normalized spacial score (nSPS) is 13.9. The summed E-state index contributed by atoms with van der Waals surface area (Å²) < 4.78 is 6.73. The van der Waals surface area contributed by atoms with Gasteiger partial charge in [0.1, 0.15) is 5.56 Å². The van der Waals surface area contributed by atoms with Gasteiger partial charge in [0.2, 0.25) is 5.88 Å². The predicted octanol–water partition coefficient (Wildman–Crippen LogP) is 0.287. The van der Waals surface area contributed by atoms with E-state index in [1.54, 1.807) is 22.8 Å². The Labute approximate surface area is 176 Å². The van der Waals surface area contributed by atoms with Crippen molar-refractivity contribution in [2.24, 2.45) is 7.05 Å². The van der Waals surface area contributed by atoms with Gasteiger partial charge < -0.3 is 19.8 Å². The molecule has 1 aliphatic heterocycles. The molecule has 0 radical (unpaired) electrons. The minimum absolute atomic E-state index is 0.0795. The molecule has 0 spiro atoms. The van der Waals surface area contributed by atoms with Crippen molar-refractivity contribution < 1.29 is 34.1 Å². The minimum Gasteiger partial charge on any atom is -0.479 e. The number of amides is 1. The van der Waals surface area contributed by atoms with Gasteiger partial charge in [0.25, 0.3) is 5.91 Å². The number of piperazine rings is 1. The molecule has 11 nitrogen and oxygen atoms in total. The number of thiophene rings is 1. The van der Waals surface area contributed by atoms with Crippen molar-refractivity contribution in [2.45, 2.75) is 0 Å². The molecule has 1 fully saturated rings. The van der Waals surface area contributed by atoms with Crippen LogP contribution in [0, 0.1) is 0 Å². The van der Waals surface area contributed by atoms with Gasteiger partial charge in [-0.3, -0.25) is 19.2 Å². The van der Waals surface area contributed by atoms with Gasteiger partial charge in [-0.2, -0.15) is 0 Å². The molecule has 2 aromatic heterocycles. The van der Waals surface area contributed by atoms with Crippen LogP contribution in [-0.2, 0) is 16.6 Å². The number of aryl methyl sites for hydroxylation is 1. The Balaban J connectivity index is 0.000000469. The fourth-order valence-corrected chi connectivity index (χ4v) is 3.42. The monoisotopic (exact) mass is 438 g/mol. The molecule has 0 unspecified atom stereocenters. The van der Waals surface area contributed by atoms with E-state index in [0.717, 1.165) is 4.88 Å². The molecule has 0 atom stereocenters. The average molecular weight is 438 g/mol. The van der Waals surface area contributed by atoms with Crippen molar-refractivity contribution in [2.75, 3.05) is 39.8 Å². The van der Waals surface area contributed by atoms with Crippen LogP contribution in [0.2, 0.25) is 0 Å². The first-order chi connectivity index (χ1) is 14.2. The standard InChI is InChI=1S/C16H20N4O3S.C2H2O4/c1-18-10-12(15(17-18)23-2)16(22)20-7-5-19(6-8-20)11-13(21)14-4-3-9-24-14;3-1(4)2(5)6/h3-4,9-10H,5-8,11H2,1-2H3;(H,3,4)(H,5,6). The summed E-state index contributed by atoms with van der Waals surface area (Å²) in [6.45, 7) is 2.96. The number of ether oxygens (including phenoxy) is 1. The van der Waals surface area contributed by atoms with Crippen LogP contribution in [0.15, 0.2) is 23.7 Å². The van der Waals surface area contributed by atoms with E-state index in [-0.39, 0.29) is 11.7 Å². The van der Waals surface area contributed by atoms with Gasteiger partial charge >= 0.3 is 11.9 Å². The zero-order valence-corrected chi connectivity index (χ0v) is 17.3. The van der Waals surface area contributed by atoms with Crippen LogP contribution < -0.4 is 4.74 Å². The summed E-state index contributed by atoms with van der Waals surface area (Å²) in [7, 11) is 3.26. The highest BCUT2D eigenvalue weighted by Crippen LogP contribution is 2.18. The fourth-order valence-electron chi connectivity index (χ4n) is 2.76. The number of Topliss-reactive ketones (excluding diaryl/α,β-unsaturated/α-hetero) is 1. The molecule has 1 aliphatic rings. The number of aromatic nitrogens is 2. The van der Waals surface area contributed by atoms with Crippen LogP contribution >= 0.6 is 11.3 Å². The lowest BCUT2D eigenvalue weighted by Crippen LogP contribution is -2.49. The number of nitrogens with zero attached hydrogens (tertiary/aromatic N) is 4. The summed E-state index contributed by atoms with van der Waals surface area (Å²) in [5.74, 6) is -3.24. The quantitative estimate of drug-likeness (QED) is 0.497. The van der Waals surface area contributed by atoms with E-state index in [0.29, 0.717) is 44.2 Å². The van der Waals surface area contributed by atoms with Crippen molar-refractivity contribution in [1.82, 2.24) is 19.6 Å². The molecular weight excluding hydrogens is 416 g/mol. The van der Waals surface area contributed by atoms with Crippen molar-refractivity contribution in [3.05, 3.63) is 34.2 Å². The second-order valence-corrected chi connectivity index (χ2v) is 7.25. The molecule has 12 heteroatoms. The lowest BCUT2D eigenvalue weighted by atomic mass is 10.2. The lowest BCUT2D eigenvalue weighted by Gasteiger charge is -2.34. The highest BCUT2D eigenvalue weighted by atomic mass is 32.1. The summed E-state index contributed by atoms with van der Waals surface area (Å²) in [5, 5.41) is 20.8. The van der Waals surface area contributed by atoms with Gasteiger partial charge in [0.05, 0.1) is 18.5 Å². The Morgan fingerprint density at radius 1 is 1.13 bits per heavy atom. The first-order valence-corrected chi connectivity index (χ1v) is 9.73. The van der Waals surface area contributed by atoms with Crippen LogP contribution in [0.4, 0.5) is 0 Å². The molecule has 3 heterocycles. The van der Waals surface area contributed by atoms with Crippen LogP contribution in [0.5, 0.6) is 5.88 Å². The summed E-state index contributed by atoms with van der Waals surface area (Å²) in [4.78, 5) is 47.6. The third kappa shape index (κ3) is 6.12. The second kappa shape index (κ2) is 10.5. The molecule has 162 valence electrons. The number of carboxylic acids is 2. The zero-order chi connectivity index (χ0) is 22.3.